The van der Waals surface area contributed by atoms with E-state index in [-0.39, 0.29) is 24.1 Å². The van der Waals surface area contributed by atoms with Crippen LogP contribution < -0.4 is 10.6 Å². The first-order valence-electron chi connectivity index (χ1n) is 8.99. The highest BCUT2D eigenvalue weighted by Gasteiger charge is 2.28. The summed E-state index contributed by atoms with van der Waals surface area (Å²) in [6.45, 7) is 7.22. The number of benzene rings is 1. The number of anilines is 1. The van der Waals surface area contributed by atoms with E-state index in [2.05, 4.69) is 10.6 Å². The van der Waals surface area contributed by atoms with Gasteiger partial charge in [-0.05, 0) is 76.7 Å². The highest BCUT2D eigenvalue weighted by Crippen LogP contribution is 2.22. The van der Waals surface area contributed by atoms with Gasteiger partial charge in [0.05, 0.1) is 10.5 Å². The smallest absolute Gasteiger partial charge is 0.224 e. The highest BCUT2D eigenvalue weighted by molar-refractivity contribution is 7.91. The zero-order valence-electron chi connectivity index (χ0n) is 15.9. The molecule has 148 valence electrons. The summed E-state index contributed by atoms with van der Waals surface area (Å²) in [6, 6.07) is 7.09. The van der Waals surface area contributed by atoms with Gasteiger partial charge >= 0.3 is 0 Å². The lowest BCUT2D eigenvalue weighted by Gasteiger charge is -2.22. The molecule has 1 aromatic carbocycles. The van der Waals surface area contributed by atoms with Crippen LogP contribution in [0.3, 0.4) is 0 Å². The summed E-state index contributed by atoms with van der Waals surface area (Å²) in [7, 11) is -3.20. The first-order valence-corrected chi connectivity index (χ1v) is 10.6. The fourth-order valence-electron chi connectivity index (χ4n) is 2.85. The van der Waals surface area contributed by atoms with Gasteiger partial charge in [0.2, 0.25) is 5.91 Å². The molecule has 2 rings (SSSR count). The van der Waals surface area contributed by atoms with Crippen molar-refractivity contribution < 1.29 is 13.2 Å². The molecule has 7 heteroatoms. The molecule has 0 radical (unpaired) electrons. The van der Waals surface area contributed by atoms with E-state index in [0.29, 0.717) is 18.0 Å². The van der Waals surface area contributed by atoms with Crippen molar-refractivity contribution in [1.29, 1.82) is 0 Å². The van der Waals surface area contributed by atoms with Crippen LogP contribution in [0.4, 0.5) is 5.69 Å². The molecule has 1 aromatic rings. The zero-order valence-corrected chi connectivity index (χ0v) is 17.5. The predicted molar refractivity (Wildman–Crippen MR) is 110 cm³/mol. The fraction of sp³-hybridized carbons (Fsp3) is 0.632. The van der Waals surface area contributed by atoms with Crippen molar-refractivity contribution in [1.82, 2.24) is 5.32 Å². The van der Waals surface area contributed by atoms with Crippen LogP contribution in [0.2, 0.25) is 0 Å². The number of carbonyl (C=O) groups excluding carboxylic acids is 1. The van der Waals surface area contributed by atoms with Crippen LogP contribution in [-0.2, 0) is 20.4 Å². The molecule has 1 aliphatic rings. The lowest BCUT2D eigenvalue weighted by atomic mass is 9.93. The molecule has 1 amide bonds. The number of carbonyl (C=O) groups is 1. The molecular formula is C19H31ClN2O3S. The summed E-state index contributed by atoms with van der Waals surface area (Å²) in [6.07, 6.45) is 3.74. The van der Waals surface area contributed by atoms with Gasteiger partial charge in [-0.2, -0.15) is 0 Å². The average molecular weight is 403 g/mol. The van der Waals surface area contributed by atoms with Crippen molar-refractivity contribution in [3.63, 3.8) is 0 Å². The molecule has 0 atom stereocenters. The summed E-state index contributed by atoms with van der Waals surface area (Å²) in [5, 5.41) is 6.23. The monoisotopic (exact) mass is 402 g/mol. The van der Waals surface area contributed by atoms with E-state index in [9.17, 15) is 13.2 Å². The van der Waals surface area contributed by atoms with E-state index in [1.165, 1.54) is 0 Å². The van der Waals surface area contributed by atoms with Crippen molar-refractivity contribution in [3.8, 4) is 0 Å². The van der Waals surface area contributed by atoms with E-state index in [4.69, 9.17) is 0 Å². The Kier molecular flexibility index (Phi) is 8.57. The lowest BCUT2D eigenvalue weighted by molar-refractivity contribution is -0.116. The van der Waals surface area contributed by atoms with Crippen molar-refractivity contribution in [2.45, 2.75) is 57.0 Å². The van der Waals surface area contributed by atoms with Gasteiger partial charge in [-0.25, -0.2) is 8.42 Å². The second-order valence-electron chi connectivity index (χ2n) is 7.85. The van der Waals surface area contributed by atoms with Gasteiger partial charge in [-0.15, -0.1) is 12.4 Å². The van der Waals surface area contributed by atoms with Crippen LogP contribution >= 0.6 is 12.4 Å². The Morgan fingerprint density at radius 1 is 1.15 bits per heavy atom. The number of sulfone groups is 1. The maximum atomic E-state index is 12.2. The Labute approximate surface area is 163 Å². The van der Waals surface area contributed by atoms with Crippen LogP contribution in [0.5, 0.6) is 0 Å². The molecule has 0 spiro atoms. The molecule has 0 aromatic heterocycles. The number of nitrogens with one attached hydrogen (secondary N) is 2. The molecular weight excluding hydrogens is 372 g/mol. The molecule has 0 saturated carbocycles. The Hall–Kier alpha value is -1.11. The maximum Gasteiger partial charge on any atom is 0.224 e. The van der Waals surface area contributed by atoms with E-state index in [1.54, 1.807) is 45.0 Å². The highest BCUT2D eigenvalue weighted by atomic mass is 35.5. The number of amides is 1. The summed E-state index contributed by atoms with van der Waals surface area (Å²) in [5.41, 5.74) is 1.45. The van der Waals surface area contributed by atoms with Gasteiger partial charge in [0.25, 0.3) is 0 Å². The van der Waals surface area contributed by atoms with Crippen LogP contribution in [-0.4, -0.2) is 32.2 Å². The number of hydrogen-bond acceptors (Lipinski definition) is 4. The third kappa shape index (κ3) is 6.89. The second kappa shape index (κ2) is 9.72. The topological polar surface area (TPSA) is 75.3 Å². The van der Waals surface area contributed by atoms with Gasteiger partial charge in [-0.3, -0.25) is 4.79 Å². The molecule has 5 nitrogen and oxygen atoms in total. The quantitative estimate of drug-likeness (QED) is 0.763. The standard InChI is InChI=1S/C19H30N2O3S.ClH/c1-19(2,3)25(23,24)14-16-4-7-17(8-5-16)21-18(22)9-6-15-10-12-20-13-11-15;/h4-5,7-8,15,20H,6,9-14H2,1-3H3,(H,21,22);1H. The van der Waals surface area contributed by atoms with Crippen molar-refractivity contribution in [2.75, 3.05) is 18.4 Å². The summed E-state index contributed by atoms with van der Waals surface area (Å²) < 4.78 is 23.7. The van der Waals surface area contributed by atoms with Crippen molar-refractivity contribution in [3.05, 3.63) is 29.8 Å². The molecule has 1 saturated heterocycles. The van der Waals surface area contributed by atoms with Crippen LogP contribution in [0.25, 0.3) is 0 Å². The first-order chi connectivity index (χ1) is 11.7. The Morgan fingerprint density at radius 3 is 2.27 bits per heavy atom. The minimum Gasteiger partial charge on any atom is -0.326 e. The molecule has 1 heterocycles. The summed E-state index contributed by atoms with van der Waals surface area (Å²) in [4.78, 5) is 12.1. The molecule has 0 bridgehead atoms. The Bertz CT molecular complexity index is 676. The van der Waals surface area contributed by atoms with Crippen LogP contribution in [0.15, 0.2) is 24.3 Å². The second-order valence-corrected chi connectivity index (χ2v) is 10.6. The average Bonchev–Trinajstić information content (AvgIpc) is 2.54. The number of piperidine rings is 1. The fourth-order valence-corrected chi connectivity index (χ4v) is 3.91. The third-order valence-corrected chi connectivity index (χ3v) is 7.35. The summed E-state index contributed by atoms with van der Waals surface area (Å²) in [5.74, 6) is 0.672. The van der Waals surface area contributed by atoms with Crippen LogP contribution in [0, 0.1) is 5.92 Å². The van der Waals surface area contributed by atoms with Crippen molar-refractivity contribution >= 4 is 33.8 Å². The van der Waals surface area contributed by atoms with E-state index >= 15 is 0 Å². The third-order valence-electron chi connectivity index (χ3n) is 4.77. The van der Waals surface area contributed by atoms with Gasteiger partial charge < -0.3 is 10.6 Å². The number of rotatable bonds is 6. The predicted octanol–water partition coefficient (Wildman–Crippen LogP) is 3.54. The van der Waals surface area contributed by atoms with E-state index in [0.717, 1.165) is 37.9 Å². The van der Waals surface area contributed by atoms with Gasteiger partial charge in [0.1, 0.15) is 0 Å². The summed E-state index contributed by atoms with van der Waals surface area (Å²) >= 11 is 0. The van der Waals surface area contributed by atoms with Gasteiger partial charge in [-0.1, -0.05) is 12.1 Å². The molecule has 1 aliphatic heterocycles. The Balaban J connectivity index is 0.00000338. The van der Waals surface area contributed by atoms with Gasteiger partial charge in [0.15, 0.2) is 9.84 Å². The zero-order chi connectivity index (χ0) is 18.5. The Morgan fingerprint density at radius 2 is 1.73 bits per heavy atom. The van der Waals surface area contributed by atoms with E-state index in [1.807, 2.05) is 0 Å². The molecule has 2 N–H and O–H groups in total. The first kappa shape index (κ1) is 22.9. The normalized spacial score (nSPS) is 16.0. The van der Waals surface area contributed by atoms with Crippen LogP contribution in [0.1, 0.15) is 52.0 Å². The molecule has 1 fully saturated rings. The lowest BCUT2D eigenvalue weighted by Crippen LogP contribution is -2.29. The molecule has 0 unspecified atom stereocenters. The van der Waals surface area contributed by atoms with Gasteiger partial charge in [0, 0.05) is 12.1 Å². The number of hydrogen-bond donors (Lipinski definition) is 2. The maximum absolute atomic E-state index is 12.2. The number of halogens is 1. The SMILES string of the molecule is CC(C)(C)S(=O)(=O)Cc1ccc(NC(=O)CCC2CCNCC2)cc1.Cl. The minimum absolute atomic E-state index is 0. The minimum atomic E-state index is -3.20. The van der Waals surface area contributed by atoms with E-state index < -0.39 is 14.6 Å². The largest absolute Gasteiger partial charge is 0.326 e. The molecule has 26 heavy (non-hydrogen) atoms. The molecule has 0 aliphatic carbocycles. The van der Waals surface area contributed by atoms with Crippen molar-refractivity contribution in [2.24, 2.45) is 5.92 Å².